The van der Waals surface area contributed by atoms with Crippen molar-refractivity contribution < 1.29 is 0 Å². The Kier molecular flexibility index (Phi) is 1.59. The molecule has 70 valence electrons. The Labute approximate surface area is 81.7 Å². The number of anilines is 1. The van der Waals surface area contributed by atoms with Gasteiger partial charge in [0.05, 0.1) is 0 Å². The molecule has 2 aliphatic carbocycles. The number of nitrogens with zero attached hydrogens (tertiary/aromatic N) is 2. The average Bonchev–Trinajstić information content (AvgIpc) is 2.99. The van der Waals surface area contributed by atoms with Crippen molar-refractivity contribution in [3.63, 3.8) is 0 Å². The highest BCUT2D eigenvalue weighted by Crippen LogP contribution is 2.40. The zero-order chi connectivity index (χ0) is 8.84. The average molecular weight is 195 g/mol. The molecule has 2 atom stereocenters. The Morgan fingerprint density at radius 3 is 2.85 bits per heavy atom. The molecule has 2 aliphatic rings. The molecule has 0 bridgehead atoms. The van der Waals surface area contributed by atoms with E-state index >= 15 is 0 Å². The molecule has 0 aromatic carbocycles. The van der Waals surface area contributed by atoms with Crippen LogP contribution in [0.5, 0.6) is 0 Å². The van der Waals surface area contributed by atoms with E-state index in [1.807, 2.05) is 0 Å². The second-order valence-corrected chi connectivity index (χ2v) is 4.95. The fourth-order valence-electron chi connectivity index (χ4n) is 1.48. The summed E-state index contributed by atoms with van der Waals surface area (Å²) < 4.78 is 4.35. The maximum atomic E-state index is 4.48. The van der Waals surface area contributed by atoms with Gasteiger partial charge in [-0.05, 0) is 25.2 Å². The summed E-state index contributed by atoms with van der Waals surface area (Å²) in [6.45, 7) is 2.26. The number of hydrogen-bond donors (Lipinski definition) is 1. The van der Waals surface area contributed by atoms with Gasteiger partial charge in [0.2, 0.25) is 5.13 Å². The highest BCUT2D eigenvalue weighted by Gasteiger charge is 2.34. The predicted octanol–water partition coefficient (Wildman–Crippen LogP) is 2.24. The Morgan fingerprint density at radius 2 is 2.23 bits per heavy atom. The summed E-state index contributed by atoms with van der Waals surface area (Å²) in [7, 11) is 0. The summed E-state index contributed by atoms with van der Waals surface area (Å²) in [6, 6.07) is 0.667. The van der Waals surface area contributed by atoms with Gasteiger partial charge < -0.3 is 5.32 Å². The maximum Gasteiger partial charge on any atom is 0.202 e. The van der Waals surface area contributed by atoms with Gasteiger partial charge in [-0.25, -0.2) is 4.98 Å². The third-order valence-electron chi connectivity index (χ3n) is 2.80. The van der Waals surface area contributed by atoms with Gasteiger partial charge in [-0.3, -0.25) is 0 Å². The van der Waals surface area contributed by atoms with Crippen molar-refractivity contribution in [3.8, 4) is 0 Å². The van der Waals surface area contributed by atoms with Crippen LogP contribution in [0.1, 0.15) is 37.9 Å². The van der Waals surface area contributed by atoms with Crippen LogP contribution in [0.15, 0.2) is 0 Å². The number of rotatable bonds is 3. The molecule has 3 rings (SSSR count). The van der Waals surface area contributed by atoms with Gasteiger partial charge in [0.25, 0.3) is 0 Å². The molecule has 0 aliphatic heterocycles. The molecule has 0 spiro atoms. The van der Waals surface area contributed by atoms with E-state index in [1.165, 1.54) is 30.8 Å². The van der Waals surface area contributed by atoms with Gasteiger partial charge >= 0.3 is 0 Å². The summed E-state index contributed by atoms with van der Waals surface area (Å²) >= 11 is 1.52. The van der Waals surface area contributed by atoms with Crippen LogP contribution in [0, 0.1) is 5.92 Å². The summed E-state index contributed by atoms with van der Waals surface area (Å²) in [4.78, 5) is 4.48. The molecule has 2 saturated carbocycles. The first-order valence-corrected chi connectivity index (χ1v) is 5.70. The zero-order valence-corrected chi connectivity index (χ0v) is 8.47. The molecule has 2 unspecified atom stereocenters. The Morgan fingerprint density at radius 1 is 1.46 bits per heavy atom. The molecule has 13 heavy (non-hydrogen) atoms. The van der Waals surface area contributed by atoms with Gasteiger partial charge in [0.1, 0.15) is 5.82 Å². The van der Waals surface area contributed by atoms with Crippen LogP contribution in [0.4, 0.5) is 5.13 Å². The van der Waals surface area contributed by atoms with E-state index in [4.69, 9.17) is 0 Å². The van der Waals surface area contributed by atoms with Crippen LogP contribution in [0.25, 0.3) is 0 Å². The molecule has 1 heterocycles. The van der Waals surface area contributed by atoms with E-state index in [2.05, 4.69) is 21.6 Å². The lowest BCUT2D eigenvalue weighted by Crippen LogP contribution is -2.02. The minimum atomic E-state index is 0.667. The molecule has 2 fully saturated rings. The van der Waals surface area contributed by atoms with Crippen LogP contribution in [0.2, 0.25) is 0 Å². The fraction of sp³-hybridized carbons (Fsp3) is 0.778. The molecular weight excluding hydrogens is 182 g/mol. The van der Waals surface area contributed by atoms with Crippen LogP contribution in [-0.2, 0) is 0 Å². The number of hydrogen-bond acceptors (Lipinski definition) is 4. The molecule has 0 radical (unpaired) electrons. The van der Waals surface area contributed by atoms with Crippen molar-refractivity contribution in [1.29, 1.82) is 0 Å². The lowest BCUT2D eigenvalue weighted by Gasteiger charge is -1.96. The van der Waals surface area contributed by atoms with Crippen LogP contribution < -0.4 is 5.32 Å². The van der Waals surface area contributed by atoms with Crippen molar-refractivity contribution in [3.05, 3.63) is 5.82 Å². The monoisotopic (exact) mass is 195 g/mol. The van der Waals surface area contributed by atoms with Crippen molar-refractivity contribution in [2.45, 2.75) is 38.1 Å². The fourth-order valence-corrected chi connectivity index (χ4v) is 2.19. The highest BCUT2D eigenvalue weighted by molar-refractivity contribution is 7.09. The lowest BCUT2D eigenvalue weighted by atomic mass is 10.4. The van der Waals surface area contributed by atoms with E-state index in [-0.39, 0.29) is 0 Å². The van der Waals surface area contributed by atoms with Gasteiger partial charge in [0, 0.05) is 23.5 Å². The quantitative estimate of drug-likeness (QED) is 0.803. The smallest absolute Gasteiger partial charge is 0.202 e. The van der Waals surface area contributed by atoms with Crippen molar-refractivity contribution in [2.75, 3.05) is 5.32 Å². The molecule has 4 heteroatoms. The minimum Gasteiger partial charge on any atom is -0.357 e. The van der Waals surface area contributed by atoms with Crippen molar-refractivity contribution in [1.82, 2.24) is 9.36 Å². The third kappa shape index (κ3) is 1.55. The van der Waals surface area contributed by atoms with Gasteiger partial charge in [0.15, 0.2) is 0 Å². The lowest BCUT2D eigenvalue weighted by molar-refractivity contribution is 0.921. The summed E-state index contributed by atoms with van der Waals surface area (Å²) in [6.07, 6.45) is 3.87. The number of nitrogens with one attached hydrogen (secondary N) is 1. The highest BCUT2D eigenvalue weighted by atomic mass is 32.1. The van der Waals surface area contributed by atoms with Crippen LogP contribution in [-0.4, -0.2) is 15.4 Å². The summed E-state index contributed by atoms with van der Waals surface area (Å²) in [5.41, 5.74) is 0. The Bertz CT molecular complexity index is 318. The standard InChI is InChI=1S/C9H13N3S/c1-5-4-7(5)10-9-11-8(12-13-9)6-2-3-6/h5-7H,2-4H2,1H3,(H,10,11,12). The maximum absolute atomic E-state index is 4.48. The molecular formula is C9H13N3S. The molecule has 1 aromatic heterocycles. The van der Waals surface area contributed by atoms with Crippen molar-refractivity contribution >= 4 is 16.7 Å². The SMILES string of the molecule is CC1CC1Nc1nc(C2CC2)ns1. The minimum absolute atomic E-state index is 0.667. The normalized spacial score (nSPS) is 31.8. The van der Waals surface area contributed by atoms with Gasteiger partial charge in [-0.15, -0.1) is 0 Å². The van der Waals surface area contributed by atoms with E-state index in [0.29, 0.717) is 12.0 Å². The number of aromatic nitrogens is 2. The van der Waals surface area contributed by atoms with E-state index in [0.717, 1.165) is 16.9 Å². The first-order valence-electron chi connectivity index (χ1n) is 4.93. The molecule has 0 saturated heterocycles. The third-order valence-corrected chi connectivity index (χ3v) is 3.46. The van der Waals surface area contributed by atoms with Crippen LogP contribution >= 0.6 is 11.5 Å². The Balaban J connectivity index is 1.67. The predicted molar refractivity (Wildman–Crippen MR) is 53.1 cm³/mol. The van der Waals surface area contributed by atoms with Gasteiger partial charge in [-0.2, -0.15) is 4.37 Å². The molecule has 3 nitrogen and oxygen atoms in total. The first kappa shape index (κ1) is 7.74. The second-order valence-electron chi connectivity index (χ2n) is 4.20. The van der Waals surface area contributed by atoms with E-state index in [9.17, 15) is 0 Å². The van der Waals surface area contributed by atoms with E-state index in [1.54, 1.807) is 0 Å². The van der Waals surface area contributed by atoms with E-state index < -0.39 is 0 Å². The molecule has 1 N–H and O–H groups in total. The Hall–Kier alpha value is -0.640. The first-order chi connectivity index (χ1) is 6.33. The zero-order valence-electron chi connectivity index (χ0n) is 7.66. The molecule has 0 amide bonds. The molecule has 1 aromatic rings. The van der Waals surface area contributed by atoms with Crippen molar-refractivity contribution in [2.24, 2.45) is 5.92 Å². The second kappa shape index (κ2) is 2.67. The summed E-state index contributed by atoms with van der Waals surface area (Å²) in [5, 5.41) is 4.44. The van der Waals surface area contributed by atoms with Crippen LogP contribution in [0.3, 0.4) is 0 Å². The van der Waals surface area contributed by atoms with Gasteiger partial charge in [-0.1, -0.05) is 6.92 Å². The summed E-state index contributed by atoms with van der Waals surface area (Å²) in [5.74, 6) is 2.58. The topological polar surface area (TPSA) is 37.8 Å². The largest absolute Gasteiger partial charge is 0.357 e.